The first-order chi connectivity index (χ1) is 30.4. The molecule has 0 rings (SSSR count). The van der Waals surface area contributed by atoms with E-state index in [9.17, 15) is 24.2 Å². The van der Waals surface area contributed by atoms with Crippen LogP contribution in [-0.2, 0) is 32.7 Å². The Bertz CT molecular complexity index is 1270. The van der Waals surface area contributed by atoms with E-state index < -0.39 is 38.6 Å². The number of esters is 2. The predicted octanol–water partition coefficient (Wildman–Crippen LogP) is 13.1. The zero-order chi connectivity index (χ0) is 46.5. The molecule has 11 heteroatoms. The second-order valence-electron chi connectivity index (χ2n) is 18.0. The third-order valence-corrected chi connectivity index (χ3v) is 11.6. The summed E-state index contributed by atoms with van der Waals surface area (Å²) in [6.45, 7) is 4.03. The maximum Gasteiger partial charge on any atom is 0.306 e. The molecule has 0 spiro atoms. The van der Waals surface area contributed by atoms with Crippen LogP contribution in [0.25, 0.3) is 0 Å². The number of aliphatic hydroxyl groups excluding tert-OH is 1. The normalized spacial score (nSPS) is 14.5. The summed E-state index contributed by atoms with van der Waals surface area (Å²) in [5.74, 6) is -0.964. The summed E-state index contributed by atoms with van der Waals surface area (Å²) >= 11 is 0. The van der Waals surface area contributed by atoms with Crippen LogP contribution in [0.4, 0.5) is 0 Å². The van der Waals surface area contributed by atoms with E-state index >= 15 is 0 Å². The van der Waals surface area contributed by atoms with Crippen LogP contribution in [-0.4, -0.2) is 81.2 Å². The second kappa shape index (κ2) is 43.6. The van der Waals surface area contributed by atoms with Crippen molar-refractivity contribution < 1.29 is 47.2 Å². The van der Waals surface area contributed by atoms with Crippen molar-refractivity contribution in [3.8, 4) is 0 Å². The van der Waals surface area contributed by atoms with E-state index in [1.807, 2.05) is 39.4 Å². The van der Waals surface area contributed by atoms with Crippen LogP contribution < -0.4 is 4.89 Å². The Labute approximate surface area is 386 Å². The molecule has 10 nitrogen and oxygen atoms in total. The number of phosphoric ester groups is 1. The SMILES string of the molecule is CCCCC/C=C\C/C=C\CC(O)/C=C\C=C\CCCC(=O)O[C@H](COC(=O)CCCCCCCCCCCCC/C=C\CCCCCCCC)COP(=O)([O-])OCC[N+](C)(C)C. The first-order valence-electron chi connectivity index (χ1n) is 25.1. The van der Waals surface area contributed by atoms with E-state index in [2.05, 4.69) is 44.2 Å². The van der Waals surface area contributed by atoms with E-state index in [4.69, 9.17) is 18.5 Å². The number of likely N-dealkylation sites (N-methyl/N-ethyl adjacent to an activating group) is 1. The number of rotatable bonds is 45. The highest BCUT2D eigenvalue weighted by atomic mass is 31.2. The molecule has 1 N–H and O–H groups in total. The first kappa shape index (κ1) is 60.7. The van der Waals surface area contributed by atoms with Gasteiger partial charge in [-0.1, -0.05) is 177 Å². The number of phosphoric acid groups is 1. The van der Waals surface area contributed by atoms with E-state index in [0.717, 1.165) is 32.1 Å². The van der Waals surface area contributed by atoms with Crippen molar-refractivity contribution in [2.75, 3.05) is 47.5 Å². The Morgan fingerprint density at radius 1 is 0.587 bits per heavy atom. The number of carbonyl (C=O) groups excluding carboxylic acids is 2. The number of aliphatic hydroxyl groups is 1. The standard InChI is InChI=1S/C52H94NO9P/c1-6-8-10-12-14-16-17-18-19-20-21-22-23-24-25-26-27-29-31-35-39-43-51(55)59-47-50(48-61-63(57,58)60-46-45-53(3,4)5)62-52(56)44-40-36-32-34-38-42-49(54)41-37-33-30-28-15-13-11-9-7-2/h15,18-19,28,32-34,37-38,42,49-50,54H,6-14,16-17,20-27,29-31,35-36,39-41,43-48H2,1-5H3/b19-18-,28-15-,34-32+,37-33-,42-38-/t49?,50-/m1/s1. The first-order valence-corrected chi connectivity index (χ1v) is 26.6. The van der Waals surface area contributed by atoms with Crippen molar-refractivity contribution >= 4 is 19.8 Å². The third-order valence-electron chi connectivity index (χ3n) is 10.6. The number of ether oxygens (including phenoxy) is 2. The average molecular weight is 908 g/mol. The molecule has 0 aliphatic rings. The molecule has 0 saturated carbocycles. The maximum atomic E-state index is 12.7. The van der Waals surface area contributed by atoms with Gasteiger partial charge in [-0.25, -0.2) is 0 Å². The molecule has 0 fully saturated rings. The molecular weight excluding hydrogens is 814 g/mol. The van der Waals surface area contributed by atoms with Crippen LogP contribution in [0, 0.1) is 0 Å². The average Bonchev–Trinajstić information content (AvgIpc) is 3.23. The minimum Gasteiger partial charge on any atom is -0.756 e. The molecule has 0 heterocycles. The highest BCUT2D eigenvalue weighted by molar-refractivity contribution is 7.45. The van der Waals surface area contributed by atoms with Crippen LogP contribution in [0.5, 0.6) is 0 Å². The lowest BCUT2D eigenvalue weighted by Crippen LogP contribution is -2.37. The summed E-state index contributed by atoms with van der Waals surface area (Å²) in [7, 11) is 1.07. The van der Waals surface area contributed by atoms with E-state index in [1.54, 1.807) is 12.2 Å². The number of nitrogens with zero attached hydrogens (tertiary/aromatic N) is 1. The number of hydrogen-bond donors (Lipinski definition) is 1. The topological polar surface area (TPSA) is 131 Å². The molecule has 0 aromatic rings. The highest BCUT2D eigenvalue weighted by Gasteiger charge is 2.21. The van der Waals surface area contributed by atoms with Gasteiger partial charge in [-0.05, 0) is 70.6 Å². The minimum atomic E-state index is -4.67. The Kier molecular flexibility index (Phi) is 41.9. The van der Waals surface area contributed by atoms with Gasteiger partial charge in [0.1, 0.15) is 19.8 Å². The van der Waals surface area contributed by atoms with Crippen molar-refractivity contribution in [2.24, 2.45) is 0 Å². The summed E-state index contributed by atoms with van der Waals surface area (Å²) in [5, 5.41) is 10.2. The Hall–Kier alpha value is -2.33. The minimum absolute atomic E-state index is 0.0583. The van der Waals surface area contributed by atoms with Gasteiger partial charge in [-0.3, -0.25) is 14.2 Å². The molecule has 0 amide bonds. The summed E-state index contributed by atoms with van der Waals surface area (Å²) in [6.07, 6.45) is 50.0. The van der Waals surface area contributed by atoms with Gasteiger partial charge in [0.15, 0.2) is 6.10 Å². The second-order valence-corrected chi connectivity index (χ2v) is 19.4. The molecule has 0 aliphatic heterocycles. The van der Waals surface area contributed by atoms with Gasteiger partial charge in [-0.15, -0.1) is 0 Å². The van der Waals surface area contributed by atoms with Crippen LogP contribution >= 0.6 is 7.82 Å². The van der Waals surface area contributed by atoms with Crippen LogP contribution in [0.3, 0.4) is 0 Å². The molecular formula is C52H94NO9P. The highest BCUT2D eigenvalue weighted by Crippen LogP contribution is 2.38. The van der Waals surface area contributed by atoms with Crippen molar-refractivity contribution in [3.05, 3.63) is 60.8 Å². The van der Waals surface area contributed by atoms with Gasteiger partial charge < -0.3 is 33.0 Å². The van der Waals surface area contributed by atoms with Crippen molar-refractivity contribution in [1.82, 2.24) is 0 Å². The monoisotopic (exact) mass is 908 g/mol. The van der Waals surface area contributed by atoms with E-state index in [1.165, 1.54) is 116 Å². The largest absolute Gasteiger partial charge is 0.756 e. The number of unbranched alkanes of at least 4 members (excludes halogenated alkanes) is 21. The third kappa shape index (κ3) is 47.5. The van der Waals surface area contributed by atoms with Crippen molar-refractivity contribution in [1.29, 1.82) is 0 Å². The van der Waals surface area contributed by atoms with Gasteiger partial charge in [0.25, 0.3) is 7.82 Å². The van der Waals surface area contributed by atoms with Crippen molar-refractivity contribution in [2.45, 2.75) is 212 Å². The molecule has 0 radical (unpaired) electrons. The van der Waals surface area contributed by atoms with Gasteiger partial charge in [0, 0.05) is 12.8 Å². The summed E-state index contributed by atoms with van der Waals surface area (Å²) < 4.78 is 33.9. The van der Waals surface area contributed by atoms with E-state index in [0.29, 0.717) is 36.7 Å². The summed E-state index contributed by atoms with van der Waals surface area (Å²) in [5.41, 5.74) is 0. The van der Waals surface area contributed by atoms with Crippen LogP contribution in [0.1, 0.15) is 200 Å². The summed E-state index contributed by atoms with van der Waals surface area (Å²) in [4.78, 5) is 37.7. The fourth-order valence-corrected chi connectivity index (χ4v) is 7.33. The maximum absolute atomic E-state index is 12.7. The van der Waals surface area contributed by atoms with Gasteiger partial charge in [0.05, 0.1) is 33.9 Å². The molecule has 0 saturated heterocycles. The Morgan fingerprint density at radius 3 is 1.68 bits per heavy atom. The molecule has 3 atom stereocenters. The van der Waals surface area contributed by atoms with Gasteiger partial charge in [0.2, 0.25) is 0 Å². The van der Waals surface area contributed by atoms with Crippen molar-refractivity contribution in [3.63, 3.8) is 0 Å². The molecule has 0 bridgehead atoms. The Balaban J connectivity index is 4.41. The molecule has 63 heavy (non-hydrogen) atoms. The Morgan fingerprint density at radius 2 is 1.08 bits per heavy atom. The quantitative estimate of drug-likeness (QED) is 0.0158. The number of allylic oxidation sites excluding steroid dienone is 8. The van der Waals surface area contributed by atoms with Gasteiger partial charge >= 0.3 is 11.9 Å². The molecule has 0 aromatic carbocycles. The van der Waals surface area contributed by atoms with Gasteiger partial charge in [-0.2, -0.15) is 0 Å². The van der Waals surface area contributed by atoms with E-state index in [-0.39, 0.29) is 26.1 Å². The zero-order valence-electron chi connectivity index (χ0n) is 40.9. The molecule has 2 unspecified atom stereocenters. The number of quaternary nitrogens is 1. The lowest BCUT2D eigenvalue weighted by molar-refractivity contribution is -0.870. The number of carbonyl (C=O) groups is 2. The summed E-state index contributed by atoms with van der Waals surface area (Å²) in [6, 6.07) is 0. The number of hydrogen-bond acceptors (Lipinski definition) is 9. The van der Waals surface area contributed by atoms with Crippen LogP contribution in [0.15, 0.2) is 60.8 Å². The van der Waals surface area contributed by atoms with Crippen LogP contribution in [0.2, 0.25) is 0 Å². The lowest BCUT2D eigenvalue weighted by atomic mass is 10.0. The fourth-order valence-electron chi connectivity index (χ4n) is 6.60. The molecule has 366 valence electrons. The molecule has 0 aromatic heterocycles. The fraction of sp³-hybridized carbons (Fsp3) is 0.769. The lowest BCUT2D eigenvalue weighted by Gasteiger charge is -2.28. The predicted molar refractivity (Wildman–Crippen MR) is 260 cm³/mol. The smallest absolute Gasteiger partial charge is 0.306 e. The zero-order valence-corrected chi connectivity index (χ0v) is 41.8. The molecule has 0 aliphatic carbocycles.